The fourth-order valence-corrected chi connectivity index (χ4v) is 1.13. The van der Waals surface area contributed by atoms with Crippen molar-refractivity contribution < 1.29 is 14.3 Å². The van der Waals surface area contributed by atoms with E-state index in [1.165, 1.54) is 0 Å². The predicted molar refractivity (Wildman–Crippen MR) is 47.5 cm³/mol. The van der Waals surface area contributed by atoms with Crippen LogP contribution in [0.5, 0.6) is 0 Å². The first kappa shape index (κ1) is 9.80. The first-order valence-electron chi connectivity index (χ1n) is 4.16. The Morgan fingerprint density at radius 2 is 2.54 bits per heavy atom. The lowest BCUT2D eigenvalue weighted by Crippen LogP contribution is -2.34. The SMILES string of the molecule is CNC(CCc1ccco1)C(=O)O. The lowest BCUT2D eigenvalue weighted by Gasteiger charge is -2.08. The van der Waals surface area contributed by atoms with Crippen molar-refractivity contribution in [3.05, 3.63) is 24.2 Å². The molecule has 0 aromatic carbocycles. The van der Waals surface area contributed by atoms with Gasteiger partial charge in [0.1, 0.15) is 11.8 Å². The molecule has 0 bridgehead atoms. The summed E-state index contributed by atoms with van der Waals surface area (Å²) >= 11 is 0. The summed E-state index contributed by atoms with van der Waals surface area (Å²) in [5.74, 6) is -0.00411. The van der Waals surface area contributed by atoms with Gasteiger partial charge in [0.25, 0.3) is 0 Å². The van der Waals surface area contributed by atoms with E-state index in [9.17, 15) is 4.79 Å². The second kappa shape index (κ2) is 4.67. The van der Waals surface area contributed by atoms with Gasteiger partial charge in [0.05, 0.1) is 6.26 Å². The maximum absolute atomic E-state index is 10.6. The molecule has 0 saturated heterocycles. The molecule has 72 valence electrons. The van der Waals surface area contributed by atoms with E-state index in [2.05, 4.69) is 5.32 Å². The average molecular weight is 183 g/mol. The zero-order valence-electron chi connectivity index (χ0n) is 7.49. The fraction of sp³-hybridized carbons (Fsp3) is 0.444. The van der Waals surface area contributed by atoms with Crippen LogP contribution < -0.4 is 5.32 Å². The summed E-state index contributed by atoms with van der Waals surface area (Å²) in [6, 6.07) is 3.14. The Balaban J connectivity index is 2.36. The topological polar surface area (TPSA) is 62.5 Å². The van der Waals surface area contributed by atoms with Crippen LogP contribution in [0.25, 0.3) is 0 Å². The molecule has 4 nitrogen and oxygen atoms in total. The number of rotatable bonds is 5. The number of hydrogen-bond acceptors (Lipinski definition) is 3. The highest BCUT2D eigenvalue weighted by Gasteiger charge is 2.14. The van der Waals surface area contributed by atoms with Gasteiger partial charge in [-0.05, 0) is 25.6 Å². The number of nitrogens with one attached hydrogen (secondary N) is 1. The third-order valence-corrected chi connectivity index (χ3v) is 1.91. The van der Waals surface area contributed by atoms with Crippen LogP contribution in [-0.4, -0.2) is 24.2 Å². The molecule has 1 rings (SSSR count). The quantitative estimate of drug-likeness (QED) is 0.711. The lowest BCUT2D eigenvalue weighted by atomic mass is 10.1. The van der Waals surface area contributed by atoms with Crippen molar-refractivity contribution in [2.45, 2.75) is 18.9 Å². The van der Waals surface area contributed by atoms with E-state index < -0.39 is 12.0 Å². The van der Waals surface area contributed by atoms with Crippen LogP contribution in [0.1, 0.15) is 12.2 Å². The second-order valence-electron chi connectivity index (χ2n) is 2.80. The van der Waals surface area contributed by atoms with E-state index in [0.717, 1.165) is 5.76 Å². The molecule has 0 amide bonds. The summed E-state index contributed by atoms with van der Waals surface area (Å²) in [6.45, 7) is 0. The van der Waals surface area contributed by atoms with Crippen molar-refractivity contribution in [3.8, 4) is 0 Å². The van der Waals surface area contributed by atoms with E-state index in [1.54, 1.807) is 19.4 Å². The lowest BCUT2D eigenvalue weighted by molar-refractivity contribution is -0.139. The molecule has 1 atom stereocenters. The van der Waals surface area contributed by atoms with Gasteiger partial charge in [-0.2, -0.15) is 0 Å². The van der Waals surface area contributed by atoms with Gasteiger partial charge >= 0.3 is 5.97 Å². The van der Waals surface area contributed by atoms with E-state index in [4.69, 9.17) is 9.52 Å². The number of likely N-dealkylation sites (N-methyl/N-ethyl adjacent to an activating group) is 1. The number of furan rings is 1. The van der Waals surface area contributed by atoms with Gasteiger partial charge in [0.2, 0.25) is 0 Å². The molecule has 0 saturated carbocycles. The Morgan fingerprint density at radius 1 is 1.77 bits per heavy atom. The Kier molecular flexibility index (Phi) is 3.52. The van der Waals surface area contributed by atoms with E-state index >= 15 is 0 Å². The van der Waals surface area contributed by atoms with E-state index in [1.807, 2.05) is 6.07 Å². The number of hydrogen-bond donors (Lipinski definition) is 2. The third kappa shape index (κ3) is 2.91. The molecule has 0 aliphatic heterocycles. The summed E-state index contributed by atoms with van der Waals surface area (Å²) in [5.41, 5.74) is 0. The second-order valence-corrected chi connectivity index (χ2v) is 2.80. The van der Waals surface area contributed by atoms with Crippen LogP contribution in [0.3, 0.4) is 0 Å². The fourth-order valence-electron chi connectivity index (χ4n) is 1.13. The van der Waals surface area contributed by atoms with Crippen molar-refractivity contribution in [3.63, 3.8) is 0 Å². The van der Waals surface area contributed by atoms with Crippen LogP contribution in [0, 0.1) is 0 Å². The molecule has 2 N–H and O–H groups in total. The zero-order valence-corrected chi connectivity index (χ0v) is 7.49. The number of aryl methyl sites for hydroxylation is 1. The Labute approximate surface area is 76.6 Å². The van der Waals surface area contributed by atoms with Gasteiger partial charge in [-0.25, -0.2) is 0 Å². The van der Waals surface area contributed by atoms with E-state index in [-0.39, 0.29) is 0 Å². The molecule has 0 aliphatic carbocycles. The first-order valence-corrected chi connectivity index (χ1v) is 4.16. The highest BCUT2D eigenvalue weighted by molar-refractivity contribution is 5.73. The minimum Gasteiger partial charge on any atom is -0.480 e. The van der Waals surface area contributed by atoms with Crippen LogP contribution in [0.4, 0.5) is 0 Å². The van der Waals surface area contributed by atoms with E-state index in [0.29, 0.717) is 12.8 Å². The first-order chi connectivity index (χ1) is 6.24. The summed E-state index contributed by atoms with van der Waals surface area (Å²) in [5, 5.41) is 11.4. The van der Waals surface area contributed by atoms with Gasteiger partial charge in [-0.3, -0.25) is 4.79 Å². The maximum Gasteiger partial charge on any atom is 0.320 e. The molecule has 1 aromatic heterocycles. The highest BCUT2D eigenvalue weighted by Crippen LogP contribution is 2.05. The molecule has 1 aromatic rings. The van der Waals surface area contributed by atoms with Crippen molar-refractivity contribution >= 4 is 5.97 Å². The normalized spacial score (nSPS) is 12.7. The highest BCUT2D eigenvalue weighted by atomic mass is 16.4. The zero-order chi connectivity index (χ0) is 9.68. The molecule has 0 spiro atoms. The summed E-state index contributed by atoms with van der Waals surface area (Å²) in [4.78, 5) is 10.6. The number of carboxylic acids is 1. The number of aliphatic carboxylic acids is 1. The molecule has 0 fully saturated rings. The van der Waals surface area contributed by atoms with Crippen LogP contribution in [0.2, 0.25) is 0 Å². The Bertz CT molecular complexity index is 256. The largest absolute Gasteiger partial charge is 0.480 e. The monoisotopic (exact) mass is 183 g/mol. The van der Waals surface area contributed by atoms with Gasteiger partial charge in [0, 0.05) is 6.42 Å². The molecule has 4 heteroatoms. The minimum absolute atomic E-state index is 0.495. The smallest absolute Gasteiger partial charge is 0.320 e. The molecule has 1 heterocycles. The van der Waals surface area contributed by atoms with Crippen molar-refractivity contribution in [2.24, 2.45) is 0 Å². The van der Waals surface area contributed by atoms with Gasteiger partial charge in [-0.15, -0.1) is 0 Å². The number of carbonyl (C=O) groups is 1. The Morgan fingerprint density at radius 3 is 3.00 bits per heavy atom. The van der Waals surface area contributed by atoms with Crippen LogP contribution >= 0.6 is 0 Å². The third-order valence-electron chi connectivity index (χ3n) is 1.91. The minimum atomic E-state index is -0.825. The summed E-state index contributed by atoms with van der Waals surface area (Å²) in [6.07, 6.45) is 2.77. The summed E-state index contributed by atoms with van der Waals surface area (Å²) in [7, 11) is 1.64. The molecule has 1 unspecified atom stereocenters. The molecule has 0 aliphatic rings. The average Bonchev–Trinajstić information content (AvgIpc) is 2.57. The maximum atomic E-state index is 10.6. The molecular formula is C9H13NO3. The van der Waals surface area contributed by atoms with Gasteiger partial charge < -0.3 is 14.8 Å². The van der Waals surface area contributed by atoms with Crippen LogP contribution in [0.15, 0.2) is 22.8 Å². The predicted octanol–water partition coefficient (Wildman–Crippen LogP) is 0.885. The summed E-state index contributed by atoms with van der Waals surface area (Å²) < 4.78 is 5.09. The molecule has 0 radical (unpaired) electrons. The molecule has 13 heavy (non-hydrogen) atoms. The Hall–Kier alpha value is -1.29. The van der Waals surface area contributed by atoms with Crippen molar-refractivity contribution in [2.75, 3.05) is 7.05 Å². The van der Waals surface area contributed by atoms with Crippen LogP contribution in [-0.2, 0) is 11.2 Å². The van der Waals surface area contributed by atoms with Gasteiger partial charge in [-0.1, -0.05) is 0 Å². The van der Waals surface area contributed by atoms with Crippen molar-refractivity contribution in [1.29, 1.82) is 0 Å². The van der Waals surface area contributed by atoms with Crippen molar-refractivity contribution in [1.82, 2.24) is 5.32 Å². The number of carboxylic acid groups (broad SMARTS) is 1. The molecular weight excluding hydrogens is 170 g/mol. The standard InChI is InChI=1S/C9H13NO3/c1-10-8(9(11)12)5-4-7-3-2-6-13-7/h2-3,6,8,10H,4-5H2,1H3,(H,11,12). The van der Waals surface area contributed by atoms with Gasteiger partial charge in [0.15, 0.2) is 0 Å².